The molecule has 0 saturated carbocycles. The molecule has 3 N–H and O–H groups in total. The molecule has 0 atom stereocenters. The van der Waals surface area contributed by atoms with Crippen LogP contribution < -0.4 is 15.5 Å². The average molecular weight is 341 g/mol. The van der Waals surface area contributed by atoms with Crippen LogP contribution in [0.25, 0.3) is 0 Å². The number of hydrogen-bond acceptors (Lipinski definition) is 5. The standard InChI is InChI=1S/C18H19N3O4/c1-12-6-8-13(9-7-12)18(24)19-11-16(22)21-20-10-14-4-3-5-15(25-2)17(14)23/h3-10,23H,11H2,1-2H3,(H,19,24)(H,21,22). The number of amides is 2. The zero-order valence-corrected chi connectivity index (χ0v) is 13.9. The van der Waals surface area contributed by atoms with E-state index in [4.69, 9.17) is 4.74 Å². The summed E-state index contributed by atoms with van der Waals surface area (Å²) in [7, 11) is 1.44. The van der Waals surface area contributed by atoms with Gasteiger partial charge in [-0.05, 0) is 31.2 Å². The molecule has 7 nitrogen and oxygen atoms in total. The van der Waals surface area contributed by atoms with E-state index in [1.807, 2.05) is 19.1 Å². The fourth-order valence-corrected chi connectivity index (χ4v) is 1.99. The second kappa shape index (κ2) is 8.49. The van der Waals surface area contributed by atoms with Gasteiger partial charge in [0.2, 0.25) is 0 Å². The molecule has 0 spiro atoms. The van der Waals surface area contributed by atoms with Crippen LogP contribution in [0.4, 0.5) is 0 Å². The van der Waals surface area contributed by atoms with Crippen molar-refractivity contribution >= 4 is 18.0 Å². The third-order valence-corrected chi connectivity index (χ3v) is 3.37. The van der Waals surface area contributed by atoms with Crippen LogP contribution in [0, 0.1) is 6.92 Å². The number of phenols is 1. The van der Waals surface area contributed by atoms with Gasteiger partial charge < -0.3 is 15.2 Å². The number of benzene rings is 2. The van der Waals surface area contributed by atoms with Crippen LogP contribution >= 0.6 is 0 Å². The van der Waals surface area contributed by atoms with E-state index in [9.17, 15) is 14.7 Å². The summed E-state index contributed by atoms with van der Waals surface area (Å²) in [4.78, 5) is 23.6. The summed E-state index contributed by atoms with van der Waals surface area (Å²) in [6.07, 6.45) is 1.29. The molecule has 130 valence electrons. The number of phenolic OH excluding ortho intramolecular Hbond substituents is 1. The SMILES string of the molecule is COc1cccc(C=NNC(=O)CNC(=O)c2ccc(C)cc2)c1O. The van der Waals surface area contributed by atoms with Gasteiger partial charge in [0.05, 0.1) is 19.9 Å². The summed E-state index contributed by atoms with van der Waals surface area (Å²) >= 11 is 0. The topological polar surface area (TPSA) is 100 Å². The Labute approximate surface area is 145 Å². The number of hydrazone groups is 1. The molecule has 0 bridgehead atoms. The normalized spacial score (nSPS) is 10.5. The molecule has 0 aliphatic carbocycles. The lowest BCUT2D eigenvalue weighted by atomic mass is 10.1. The summed E-state index contributed by atoms with van der Waals surface area (Å²) in [5, 5.41) is 16.1. The quantitative estimate of drug-likeness (QED) is 0.549. The monoisotopic (exact) mass is 341 g/mol. The van der Waals surface area contributed by atoms with E-state index in [0.717, 1.165) is 5.56 Å². The molecule has 2 rings (SSSR count). The van der Waals surface area contributed by atoms with Gasteiger partial charge >= 0.3 is 0 Å². The van der Waals surface area contributed by atoms with E-state index in [1.54, 1.807) is 30.3 Å². The highest BCUT2D eigenvalue weighted by Gasteiger charge is 2.08. The maximum absolute atomic E-state index is 11.9. The molecule has 0 heterocycles. The molecule has 25 heavy (non-hydrogen) atoms. The number of aromatic hydroxyl groups is 1. The van der Waals surface area contributed by atoms with Gasteiger partial charge in [-0.3, -0.25) is 9.59 Å². The number of para-hydroxylation sites is 1. The van der Waals surface area contributed by atoms with Crippen LogP contribution in [0.15, 0.2) is 47.6 Å². The third-order valence-electron chi connectivity index (χ3n) is 3.37. The van der Waals surface area contributed by atoms with Crippen molar-refractivity contribution in [2.24, 2.45) is 5.10 Å². The summed E-state index contributed by atoms with van der Waals surface area (Å²) in [5.74, 6) is -0.597. The van der Waals surface area contributed by atoms with Crippen molar-refractivity contribution < 1.29 is 19.4 Å². The van der Waals surface area contributed by atoms with E-state index in [-0.39, 0.29) is 18.2 Å². The van der Waals surface area contributed by atoms with Crippen molar-refractivity contribution in [2.75, 3.05) is 13.7 Å². The molecule has 0 aromatic heterocycles. The van der Waals surface area contributed by atoms with Gasteiger partial charge in [0.25, 0.3) is 11.8 Å². The van der Waals surface area contributed by atoms with Gasteiger partial charge in [0, 0.05) is 11.1 Å². The van der Waals surface area contributed by atoms with Crippen LogP contribution in [0.1, 0.15) is 21.5 Å². The lowest BCUT2D eigenvalue weighted by Crippen LogP contribution is -2.34. The van der Waals surface area contributed by atoms with Crippen molar-refractivity contribution in [2.45, 2.75) is 6.92 Å². The summed E-state index contributed by atoms with van der Waals surface area (Å²) in [5.41, 5.74) is 4.19. The first-order chi connectivity index (χ1) is 12.0. The fraction of sp³-hybridized carbons (Fsp3) is 0.167. The number of nitrogens with one attached hydrogen (secondary N) is 2. The molecule has 2 aromatic carbocycles. The first kappa shape index (κ1) is 18.0. The summed E-state index contributed by atoms with van der Waals surface area (Å²) < 4.78 is 4.98. The van der Waals surface area contributed by atoms with E-state index < -0.39 is 5.91 Å². The first-order valence-corrected chi connectivity index (χ1v) is 7.54. The number of carbonyl (C=O) groups is 2. The minimum absolute atomic E-state index is 0.0735. The van der Waals surface area contributed by atoms with Gasteiger partial charge in [-0.15, -0.1) is 0 Å². The van der Waals surface area contributed by atoms with Gasteiger partial charge in [0.15, 0.2) is 11.5 Å². The molecule has 7 heteroatoms. The first-order valence-electron chi connectivity index (χ1n) is 7.54. The second-order valence-corrected chi connectivity index (χ2v) is 5.24. The Morgan fingerprint density at radius 3 is 2.60 bits per heavy atom. The minimum Gasteiger partial charge on any atom is -0.504 e. The number of carbonyl (C=O) groups excluding carboxylic acids is 2. The Hall–Kier alpha value is -3.35. The Balaban J connectivity index is 1.84. The lowest BCUT2D eigenvalue weighted by molar-refractivity contribution is -0.120. The molecule has 0 fully saturated rings. The third kappa shape index (κ3) is 5.07. The van der Waals surface area contributed by atoms with Crippen molar-refractivity contribution in [3.05, 3.63) is 59.2 Å². The molecule has 0 radical (unpaired) electrons. The number of rotatable bonds is 6. The van der Waals surface area contributed by atoms with E-state index >= 15 is 0 Å². The smallest absolute Gasteiger partial charge is 0.259 e. The maximum Gasteiger partial charge on any atom is 0.259 e. The van der Waals surface area contributed by atoms with Crippen molar-refractivity contribution in [3.8, 4) is 11.5 Å². The largest absolute Gasteiger partial charge is 0.504 e. The highest BCUT2D eigenvalue weighted by Crippen LogP contribution is 2.27. The minimum atomic E-state index is -0.487. The van der Waals surface area contributed by atoms with Gasteiger partial charge in [-0.2, -0.15) is 5.10 Å². The van der Waals surface area contributed by atoms with Crippen molar-refractivity contribution in [3.63, 3.8) is 0 Å². The molecular formula is C18H19N3O4. The highest BCUT2D eigenvalue weighted by atomic mass is 16.5. The molecule has 0 unspecified atom stereocenters. The average Bonchev–Trinajstić information content (AvgIpc) is 2.61. The van der Waals surface area contributed by atoms with Crippen LogP contribution in [-0.2, 0) is 4.79 Å². The van der Waals surface area contributed by atoms with Gasteiger partial charge in [0.1, 0.15) is 0 Å². The lowest BCUT2D eigenvalue weighted by Gasteiger charge is -2.06. The van der Waals surface area contributed by atoms with E-state index in [0.29, 0.717) is 16.9 Å². The number of ether oxygens (including phenoxy) is 1. The summed E-state index contributed by atoms with van der Waals surface area (Å²) in [6, 6.07) is 11.9. The predicted molar refractivity (Wildman–Crippen MR) is 93.9 cm³/mol. The maximum atomic E-state index is 11.9. The van der Waals surface area contributed by atoms with Crippen LogP contribution in [0.2, 0.25) is 0 Å². The molecule has 0 aliphatic heterocycles. The zero-order valence-electron chi connectivity index (χ0n) is 13.9. The second-order valence-electron chi connectivity index (χ2n) is 5.24. The Morgan fingerprint density at radius 1 is 1.20 bits per heavy atom. The number of methoxy groups -OCH3 is 1. The zero-order chi connectivity index (χ0) is 18.2. The molecule has 0 saturated heterocycles. The highest BCUT2D eigenvalue weighted by molar-refractivity contribution is 5.96. The predicted octanol–water partition coefficient (Wildman–Crippen LogP) is 1.59. The summed E-state index contributed by atoms with van der Waals surface area (Å²) in [6.45, 7) is 1.71. The molecule has 2 amide bonds. The number of aryl methyl sites for hydroxylation is 1. The number of hydrogen-bond donors (Lipinski definition) is 3. The van der Waals surface area contributed by atoms with Gasteiger partial charge in [-0.1, -0.05) is 23.8 Å². The van der Waals surface area contributed by atoms with Crippen LogP contribution in [0.5, 0.6) is 11.5 Å². The van der Waals surface area contributed by atoms with E-state index in [1.165, 1.54) is 13.3 Å². The van der Waals surface area contributed by atoms with Gasteiger partial charge in [-0.25, -0.2) is 5.43 Å². The Kier molecular flexibility index (Phi) is 6.11. The van der Waals surface area contributed by atoms with E-state index in [2.05, 4.69) is 15.8 Å². The molecule has 0 aliphatic rings. The van der Waals surface area contributed by atoms with Crippen LogP contribution in [0.3, 0.4) is 0 Å². The van der Waals surface area contributed by atoms with Crippen molar-refractivity contribution in [1.82, 2.24) is 10.7 Å². The van der Waals surface area contributed by atoms with Crippen molar-refractivity contribution in [1.29, 1.82) is 0 Å². The molecule has 2 aromatic rings. The Morgan fingerprint density at radius 2 is 1.92 bits per heavy atom. The number of nitrogens with zero attached hydrogens (tertiary/aromatic N) is 1. The molecular weight excluding hydrogens is 322 g/mol. The van der Waals surface area contributed by atoms with Crippen LogP contribution in [-0.4, -0.2) is 36.8 Å². The Bertz CT molecular complexity index is 785. The fourth-order valence-electron chi connectivity index (χ4n) is 1.99.